The summed E-state index contributed by atoms with van der Waals surface area (Å²) in [6.07, 6.45) is 4.67. The Kier molecular flexibility index (Phi) is 5.51. The summed E-state index contributed by atoms with van der Waals surface area (Å²) in [6.45, 7) is 7.83. The number of benzene rings is 2. The summed E-state index contributed by atoms with van der Waals surface area (Å²) in [4.78, 5) is 17.5. The molecule has 5 aliphatic rings. The standard InChI is InChI=1S/C29H36N6O/c1-19-6-3-7-20-8-4-10-26(27(19)20)34-13-11-24-25(17-34)31-29(36-18-23-9-5-12-33(23)2)32-28(24)35-15-21-14-22(16-35)30-21/h3-4,6-8,10,21-23,30H,5,9,11-18H2,1-2H3. The third-order valence-electron chi connectivity index (χ3n) is 8.75. The van der Waals surface area contributed by atoms with Crippen molar-refractivity contribution in [2.45, 2.75) is 57.3 Å². The van der Waals surface area contributed by atoms with Gasteiger partial charge in [-0.3, -0.25) is 0 Å². The lowest BCUT2D eigenvalue weighted by Crippen LogP contribution is -2.67. The zero-order valence-electron chi connectivity index (χ0n) is 21.4. The fourth-order valence-electron chi connectivity index (χ4n) is 6.74. The number of nitrogens with one attached hydrogen (secondary N) is 1. The maximum Gasteiger partial charge on any atom is 0.318 e. The van der Waals surface area contributed by atoms with Gasteiger partial charge >= 0.3 is 6.01 Å². The van der Waals surface area contributed by atoms with E-state index in [1.54, 1.807) is 0 Å². The molecule has 36 heavy (non-hydrogen) atoms. The quantitative estimate of drug-likeness (QED) is 0.595. The molecule has 0 amide bonds. The van der Waals surface area contributed by atoms with Crippen LogP contribution in [0.15, 0.2) is 36.4 Å². The van der Waals surface area contributed by atoms with Gasteiger partial charge in [-0.2, -0.15) is 9.97 Å². The molecule has 0 radical (unpaired) electrons. The van der Waals surface area contributed by atoms with Crippen LogP contribution in [-0.2, 0) is 13.0 Å². The highest BCUT2D eigenvalue weighted by Gasteiger charge is 2.38. The smallest absolute Gasteiger partial charge is 0.318 e. The second-order valence-corrected chi connectivity index (χ2v) is 11.2. The summed E-state index contributed by atoms with van der Waals surface area (Å²) in [5.41, 5.74) is 5.06. The van der Waals surface area contributed by atoms with Gasteiger partial charge in [0.1, 0.15) is 12.4 Å². The van der Waals surface area contributed by atoms with E-state index in [4.69, 9.17) is 14.7 Å². The fourth-order valence-corrected chi connectivity index (χ4v) is 6.74. The molecule has 7 nitrogen and oxygen atoms in total. The van der Waals surface area contributed by atoms with Gasteiger partial charge < -0.3 is 24.8 Å². The molecular formula is C29H36N6O. The molecular weight excluding hydrogens is 448 g/mol. The monoisotopic (exact) mass is 484 g/mol. The molecule has 0 spiro atoms. The van der Waals surface area contributed by atoms with Crippen LogP contribution in [0.25, 0.3) is 10.8 Å². The number of aromatic nitrogens is 2. The number of likely N-dealkylation sites (N-methyl/N-ethyl adjacent to an activating group) is 1. The van der Waals surface area contributed by atoms with Gasteiger partial charge in [0.15, 0.2) is 0 Å². The molecule has 3 aromatic rings. The number of likely N-dealkylation sites (tertiary alicyclic amines) is 1. The molecule has 1 aromatic heterocycles. The Bertz CT molecular complexity index is 1270. The van der Waals surface area contributed by atoms with Gasteiger partial charge in [-0.1, -0.05) is 30.3 Å². The highest BCUT2D eigenvalue weighted by molar-refractivity contribution is 5.97. The average molecular weight is 485 g/mol. The molecule has 5 aliphatic heterocycles. The number of hydrogen-bond donors (Lipinski definition) is 1. The number of hydrogen-bond acceptors (Lipinski definition) is 7. The van der Waals surface area contributed by atoms with E-state index in [1.807, 2.05) is 0 Å². The van der Waals surface area contributed by atoms with E-state index in [1.165, 1.54) is 46.8 Å². The predicted molar refractivity (Wildman–Crippen MR) is 144 cm³/mol. The van der Waals surface area contributed by atoms with Crippen LogP contribution in [-0.4, -0.2) is 72.8 Å². The number of aryl methyl sites for hydroxylation is 1. The molecule has 188 valence electrons. The molecule has 3 atom stereocenters. The van der Waals surface area contributed by atoms with Crippen molar-refractivity contribution in [1.29, 1.82) is 0 Å². The molecule has 4 fully saturated rings. The number of piperazine rings is 1. The third-order valence-corrected chi connectivity index (χ3v) is 8.75. The lowest BCUT2D eigenvalue weighted by atomic mass is 9.90. The van der Waals surface area contributed by atoms with Crippen molar-refractivity contribution < 1.29 is 4.74 Å². The van der Waals surface area contributed by atoms with Gasteiger partial charge in [0.05, 0.1) is 12.2 Å². The summed E-state index contributed by atoms with van der Waals surface area (Å²) < 4.78 is 6.30. The van der Waals surface area contributed by atoms with Crippen molar-refractivity contribution >= 4 is 22.3 Å². The molecule has 0 aliphatic carbocycles. The Morgan fingerprint density at radius 2 is 1.83 bits per heavy atom. The van der Waals surface area contributed by atoms with E-state index in [0.29, 0.717) is 30.7 Å². The lowest BCUT2D eigenvalue weighted by Gasteiger charge is -2.49. The SMILES string of the molecule is Cc1cccc2cccc(N3CCc4c(nc(OCC5CCCN5C)nc4N4CC5CC(C4)N5)C3)c12. The van der Waals surface area contributed by atoms with Gasteiger partial charge in [0, 0.05) is 54.4 Å². The Balaban J connectivity index is 1.22. The van der Waals surface area contributed by atoms with E-state index in [9.17, 15) is 0 Å². The summed E-state index contributed by atoms with van der Waals surface area (Å²) >= 11 is 0. The fraction of sp³-hybridized carbons (Fsp3) is 0.517. The summed E-state index contributed by atoms with van der Waals surface area (Å²) in [5, 5.41) is 6.31. The third kappa shape index (κ3) is 3.89. The van der Waals surface area contributed by atoms with Crippen LogP contribution in [0.2, 0.25) is 0 Å². The number of anilines is 2. The first-order valence-electron chi connectivity index (χ1n) is 13.6. The van der Waals surface area contributed by atoms with Crippen molar-refractivity contribution in [2.75, 3.05) is 49.6 Å². The molecule has 3 unspecified atom stereocenters. The normalized spacial score (nSPS) is 25.7. The zero-order valence-corrected chi connectivity index (χ0v) is 21.4. The Morgan fingerprint density at radius 1 is 1.03 bits per heavy atom. The van der Waals surface area contributed by atoms with Crippen molar-refractivity contribution in [3.05, 3.63) is 53.2 Å². The second-order valence-electron chi connectivity index (χ2n) is 11.2. The minimum Gasteiger partial charge on any atom is -0.462 e. The van der Waals surface area contributed by atoms with E-state index in [2.05, 4.69) is 70.4 Å². The summed E-state index contributed by atoms with van der Waals surface area (Å²) in [7, 11) is 2.19. The van der Waals surface area contributed by atoms with Gasteiger partial charge in [0.25, 0.3) is 0 Å². The predicted octanol–water partition coefficient (Wildman–Crippen LogP) is 3.52. The first kappa shape index (κ1) is 22.3. The highest BCUT2D eigenvalue weighted by atomic mass is 16.5. The van der Waals surface area contributed by atoms with E-state index >= 15 is 0 Å². The van der Waals surface area contributed by atoms with E-state index in [0.717, 1.165) is 50.7 Å². The molecule has 2 aromatic carbocycles. The van der Waals surface area contributed by atoms with Crippen molar-refractivity contribution in [2.24, 2.45) is 0 Å². The molecule has 2 bridgehead atoms. The summed E-state index contributed by atoms with van der Waals surface area (Å²) in [6, 6.07) is 15.4. The van der Waals surface area contributed by atoms with Crippen LogP contribution >= 0.6 is 0 Å². The Labute approximate surface area is 213 Å². The highest BCUT2D eigenvalue weighted by Crippen LogP contribution is 2.36. The first-order chi connectivity index (χ1) is 17.6. The largest absolute Gasteiger partial charge is 0.462 e. The van der Waals surface area contributed by atoms with Gasteiger partial charge in [0.2, 0.25) is 0 Å². The van der Waals surface area contributed by atoms with Crippen LogP contribution < -0.4 is 19.9 Å². The topological polar surface area (TPSA) is 56.8 Å². The van der Waals surface area contributed by atoms with E-state index in [-0.39, 0.29) is 0 Å². The number of ether oxygens (including phenoxy) is 1. The molecule has 1 N–H and O–H groups in total. The van der Waals surface area contributed by atoms with Crippen LogP contribution in [0.5, 0.6) is 6.01 Å². The molecule has 8 rings (SSSR count). The van der Waals surface area contributed by atoms with Crippen LogP contribution in [0.4, 0.5) is 11.5 Å². The number of rotatable bonds is 5. The molecule has 7 heteroatoms. The van der Waals surface area contributed by atoms with Crippen molar-refractivity contribution in [1.82, 2.24) is 20.2 Å². The van der Waals surface area contributed by atoms with E-state index < -0.39 is 0 Å². The molecule has 0 saturated carbocycles. The van der Waals surface area contributed by atoms with Crippen LogP contribution in [0.1, 0.15) is 36.1 Å². The number of piperidine rings is 1. The van der Waals surface area contributed by atoms with Crippen molar-refractivity contribution in [3.63, 3.8) is 0 Å². The molecule has 4 saturated heterocycles. The average Bonchev–Trinajstić information content (AvgIpc) is 3.30. The van der Waals surface area contributed by atoms with Gasteiger partial charge in [-0.25, -0.2) is 0 Å². The Hall–Kier alpha value is -2.90. The summed E-state index contributed by atoms with van der Waals surface area (Å²) in [5.74, 6) is 1.11. The molecule has 6 heterocycles. The lowest BCUT2D eigenvalue weighted by molar-refractivity contribution is 0.186. The number of fused-ring (bicyclic) bond motifs is 4. The maximum atomic E-state index is 6.30. The van der Waals surface area contributed by atoms with Crippen LogP contribution in [0.3, 0.4) is 0 Å². The van der Waals surface area contributed by atoms with Crippen LogP contribution in [0, 0.1) is 6.92 Å². The number of nitrogens with zero attached hydrogens (tertiary/aromatic N) is 5. The maximum absolute atomic E-state index is 6.30. The van der Waals surface area contributed by atoms with Gasteiger partial charge in [-0.05, 0) is 63.2 Å². The van der Waals surface area contributed by atoms with Gasteiger partial charge in [-0.15, -0.1) is 0 Å². The Morgan fingerprint density at radius 3 is 2.61 bits per heavy atom. The van der Waals surface area contributed by atoms with Crippen molar-refractivity contribution in [3.8, 4) is 6.01 Å². The first-order valence-corrected chi connectivity index (χ1v) is 13.6. The minimum atomic E-state index is 0.454. The minimum absolute atomic E-state index is 0.454. The zero-order chi connectivity index (χ0) is 24.2. The second kappa shape index (κ2) is 8.89.